The van der Waals surface area contributed by atoms with Crippen LogP contribution in [-0.4, -0.2) is 18.6 Å². The molecule has 0 radical (unpaired) electrons. The van der Waals surface area contributed by atoms with Crippen molar-refractivity contribution in [3.8, 4) is 0 Å². The Morgan fingerprint density at radius 3 is 2.63 bits per heavy atom. The average Bonchev–Trinajstić information content (AvgIpc) is 2.42. The summed E-state index contributed by atoms with van der Waals surface area (Å²) < 4.78 is 12.9. The largest absolute Gasteiger partial charge is 0.330 e. The van der Waals surface area contributed by atoms with Crippen LogP contribution in [0.5, 0.6) is 0 Å². The fraction of sp³-hybridized carbons (Fsp3) is 0.625. The van der Waals surface area contributed by atoms with Gasteiger partial charge in [-0.3, -0.25) is 0 Å². The first-order chi connectivity index (χ1) is 9.19. The third kappa shape index (κ3) is 4.29. The van der Waals surface area contributed by atoms with E-state index < -0.39 is 0 Å². The van der Waals surface area contributed by atoms with Crippen LogP contribution >= 0.6 is 0 Å². The molecule has 2 nitrogen and oxygen atoms in total. The highest BCUT2D eigenvalue weighted by atomic mass is 19.1. The van der Waals surface area contributed by atoms with Gasteiger partial charge in [-0.2, -0.15) is 0 Å². The molecule has 1 aromatic carbocycles. The van der Waals surface area contributed by atoms with Crippen molar-refractivity contribution < 1.29 is 4.39 Å². The van der Waals surface area contributed by atoms with Gasteiger partial charge in [-0.25, -0.2) is 4.39 Å². The fourth-order valence-electron chi connectivity index (χ4n) is 3.11. The van der Waals surface area contributed by atoms with Crippen molar-refractivity contribution in [2.75, 3.05) is 6.54 Å². The summed E-state index contributed by atoms with van der Waals surface area (Å²) in [6.45, 7) is 2.98. The van der Waals surface area contributed by atoms with Crippen molar-refractivity contribution in [3.63, 3.8) is 0 Å². The van der Waals surface area contributed by atoms with E-state index >= 15 is 0 Å². The molecule has 0 spiro atoms. The lowest BCUT2D eigenvalue weighted by molar-refractivity contribution is 0.251. The van der Waals surface area contributed by atoms with E-state index in [9.17, 15) is 4.39 Å². The molecule has 0 aromatic heterocycles. The van der Waals surface area contributed by atoms with E-state index in [2.05, 4.69) is 12.2 Å². The van der Waals surface area contributed by atoms with Gasteiger partial charge < -0.3 is 11.1 Å². The molecule has 3 unspecified atom stereocenters. The molecule has 1 fully saturated rings. The molecular weight excluding hydrogens is 239 g/mol. The van der Waals surface area contributed by atoms with E-state index in [1.165, 1.54) is 43.4 Å². The lowest BCUT2D eigenvalue weighted by Crippen LogP contribution is -2.46. The number of hydrogen-bond acceptors (Lipinski definition) is 2. The first-order valence-corrected chi connectivity index (χ1v) is 7.39. The van der Waals surface area contributed by atoms with Gasteiger partial charge in [0.25, 0.3) is 0 Å². The van der Waals surface area contributed by atoms with E-state index in [1.807, 2.05) is 12.1 Å². The van der Waals surface area contributed by atoms with Crippen molar-refractivity contribution >= 4 is 0 Å². The Balaban J connectivity index is 1.86. The zero-order chi connectivity index (χ0) is 13.7. The summed E-state index contributed by atoms with van der Waals surface area (Å²) in [5.41, 5.74) is 7.04. The summed E-state index contributed by atoms with van der Waals surface area (Å²) in [6.07, 6.45) is 6.03. The van der Waals surface area contributed by atoms with Gasteiger partial charge >= 0.3 is 0 Å². The first-order valence-electron chi connectivity index (χ1n) is 7.39. The van der Waals surface area contributed by atoms with Crippen LogP contribution in [-0.2, 0) is 6.42 Å². The molecule has 1 saturated carbocycles. The minimum absolute atomic E-state index is 0.167. The van der Waals surface area contributed by atoms with Crippen LogP contribution in [0.4, 0.5) is 4.39 Å². The van der Waals surface area contributed by atoms with Gasteiger partial charge in [-0.1, -0.05) is 25.0 Å². The fourth-order valence-corrected chi connectivity index (χ4v) is 3.11. The van der Waals surface area contributed by atoms with Crippen molar-refractivity contribution in [3.05, 3.63) is 35.6 Å². The van der Waals surface area contributed by atoms with Crippen LogP contribution in [0, 0.1) is 11.7 Å². The summed E-state index contributed by atoms with van der Waals surface area (Å²) in [5, 5.41) is 3.71. The molecule has 3 N–H and O–H groups in total. The summed E-state index contributed by atoms with van der Waals surface area (Å²) in [7, 11) is 0. The van der Waals surface area contributed by atoms with Crippen molar-refractivity contribution in [1.29, 1.82) is 0 Å². The minimum atomic E-state index is -0.167. The monoisotopic (exact) mass is 264 g/mol. The highest BCUT2D eigenvalue weighted by Crippen LogP contribution is 2.24. The highest BCUT2D eigenvalue weighted by molar-refractivity contribution is 5.17. The van der Waals surface area contributed by atoms with Gasteiger partial charge in [0, 0.05) is 12.1 Å². The number of nitrogens with one attached hydrogen (secondary N) is 1. The van der Waals surface area contributed by atoms with Gasteiger partial charge in [0.1, 0.15) is 5.82 Å². The minimum Gasteiger partial charge on any atom is -0.330 e. The second-order valence-electron chi connectivity index (χ2n) is 5.79. The van der Waals surface area contributed by atoms with Crippen LogP contribution in [0.2, 0.25) is 0 Å². The Kier molecular flexibility index (Phi) is 5.34. The van der Waals surface area contributed by atoms with Crippen molar-refractivity contribution in [2.24, 2.45) is 11.7 Å². The molecule has 0 heterocycles. The number of nitrogens with two attached hydrogens (primary N) is 1. The second-order valence-corrected chi connectivity index (χ2v) is 5.79. The van der Waals surface area contributed by atoms with Crippen molar-refractivity contribution in [1.82, 2.24) is 5.32 Å². The molecule has 106 valence electrons. The Hall–Kier alpha value is -0.930. The van der Waals surface area contributed by atoms with Crippen LogP contribution < -0.4 is 11.1 Å². The van der Waals surface area contributed by atoms with Gasteiger partial charge in [-0.15, -0.1) is 0 Å². The lowest BCUT2D eigenvalue weighted by atomic mass is 9.84. The number of benzene rings is 1. The van der Waals surface area contributed by atoms with E-state index in [4.69, 9.17) is 5.73 Å². The summed E-state index contributed by atoms with van der Waals surface area (Å²) in [5.74, 6) is 0.448. The summed E-state index contributed by atoms with van der Waals surface area (Å²) in [4.78, 5) is 0. The predicted molar refractivity (Wildman–Crippen MR) is 77.5 cm³/mol. The molecule has 3 heteroatoms. The maximum atomic E-state index is 12.9. The van der Waals surface area contributed by atoms with Crippen LogP contribution in [0.1, 0.15) is 38.2 Å². The first kappa shape index (κ1) is 14.5. The van der Waals surface area contributed by atoms with Crippen LogP contribution in [0.3, 0.4) is 0 Å². The summed E-state index contributed by atoms with van der Waals surface area (Å²) >= 11 is 0. The molecule has 0 amide bonds. The third-order valence-corrected chi connectivity index (χ3v) is 4.17. The molecule has 0 saturated heterocycles. The predicted octanol–water partition coefficient (Wildman–Crippen LogP) is 2.86. The van der Waals surface area contributed by atoms with Gasteiger partial charge in [0.2, 0.25) is 0 Å². The Morgan fingerprint density at radius 2 is 1.95 bits per heavy atom. The molecule has 3 atom stereocenters. The number of hydrogen-bond donors (Lipinski definition) is 2. The smallest absolute Gasteiger partial charge is 0.123 e. The zero-order valence-electron chi connectivity index (χ0n) is 11.7. The molecule has 0 aliphatic heterocycles. The van der Waals surface area contributed by atoms with Crippen LogP contribution in [0.15, 0.2) is 24.3 Å². The Morgan fingerprint density at radius 1 is 1.26 bits per heavy atom. The van der Waals surface area contributed by atoms with Crippen molar-refractivity contribution in [2.45, 2.75) is 51.1 Å². The van der Waals surface area contributed by atoms with E-state index in [0.29, 0.717) is 18.0 Å². The molecule has 2 rings (SSSR count). The maximum Gasteiger partial charge on any atom is 0.123 e. The topological polar surface area (TPSA) is 38.0 Å². The molecular formula is C16H25FN2. The molecule has 1 aliphatic carbocycles. The third-order valence-electron chi connectivity index (χ3n) is 4.17. The molecule has 1 aliphatic rings. The Labute approximate surface area is 115 Å². The Bertz CT molecular complexity index is 377. The highest BCUT2D eigenvalue weighted by Gasteiger charge is 2.24. The van der Waals surface area contributed by atoms with E-state index in [-0.39, 0.29) is 5.82 Å². The standard InChI is InChI=1S/C16H25FN2/c1-12(10-13-6-8-15(17)9-7-13)19-16-5-3-2-4-14(16)11-18/h6-9,12,14,16,19H,2-5,10-11,18H2,1H3. The van der Waals surface area contributed by atoms with Gasteiger partial charge in [0.05, 0.1) is 0 Å². The van der Waals surface area contributed by atoms with Gasteiger partial charge in [0.15, 0.2) is 0 Å². The zero-order valence-corrected chi connectivity index (χ0v) is 11.7. The van der Waals surface area contributed by atoms with E-state index in [1.54, 1.807) is 0 Å². The average molecular weight is 264 g/mol. The molecule has 19 heavy (non-hydrogen) atoms. The SMILES string of the molecule is CC(Cc1ccc(F)cc1)NC1CCCCC1CN. The number of rotatable bonds is 5. The second kappa shape index (κ2) is 7.01. The number of halogens is 1. The van der Waals surface area contributed by atoms with E-state index in [0.717, 1.165) is 13.0 Å². The maximum absolute atomic E-state index is 12.9. The van der Waals surface area contributed by atoms with Gasteiger partial charge in [-0.05, 0) is 56.3 Å². The molecule has 1 aromatic rings. The molecule has 0 bridgehead atoms. The quantitative estimate of drug-likeness (QED) is 0.858. The normalized spacial score (nSPS) is 25.2. The van der Waals surface area contributed by atoms with Crippen LogP contribution in [0.25, 0.3) is 0 Å². The summed E-state index contributed by atoms with van der Waals surface area (Å²) in [6, 6.07) is 7.76. The lowest BCUT2D eigenvalue weighted by Gasteiger charge is -2.33.